The van der Waals surface area contributed by atoms with Gasteiger partial charge in [0.1, 0.15) is 0 Å². The monoisotopic (exact) mass is 438 g/mol. The molecule has 4 N–H and O–H groups in total. The van der Waals surface area contributed by atoms with Crippen molar-refractivity contribution in [1.29, 1.82) is 0 Å². The molecule has 8 heteroatoms. The van der Waals surface area contributed by atoms with Crippen molar-refractivity contribution in [3.05, 3.63) is 90.5 Å². The molecule has 0 aliphatic rings. The van der Waals surface area contributed by atoms with Crippen LogP contribution in [0.4, 0.5) is 5.95 Å². The van der Waals surface area contributed by atoms with Crippen molar-refractivity contribution in [1.82, 2.24) is 25.7 Å². The van der Waals surface area contributed by atoms with E-state index in [1.54, 1.807) is 6.07 Å². The van der Waals surface area contributed by atoms with Gasteiger partial charge in [0.25, 0.3) is 5.91 Å². The fourth-order valence-electron chi connectivity index (χ4n) is 3.45. The number of nitrogens with zero attached hydrogens (tertiary/aromatic N) is 2. The van der Waals surface area contributed by atoms with Crippen molar-refractivity contribution in [3.8, 4) is 11.3 Å². The Labute approximate surface area is 188 Å². The number of rotatable bonds is 4. The van der Waals surface area contributed by atoms with Gasteiger partial charge in [0.05, 0.1) is 27.8 Å². The number of amides is 1. The number of imidazole rings is 1. The molecule has 0 atom stereocenters. The number of fused-ring (bicyclic) bond motifs is 2. The first-order chi connectivity index (χ1) is 15.7. The minimum Gasteiger partial charge on any atom is -0.323 e. The van der Waals surface area contributed by atoms with Crippen molar-refractivity contribution < 1.29 is 4.79 Å². The number of aromatic amines is 1. The minimum absolute atomic E-state index is 0.123. The second kappa shape index (κ2) is 8.44. The fraction of sp³-hybridized carbons (Fsp3) is 0. The summed E-state index contributed by atoms with van der Waals surface area (Å²) in [6.07, 6.45) is 0. The molecular formula is C24H18N6OS. The third-order valence-corrected chi connectivity index (χ3v) is 5.15. The van der Waals surface area contributed by atoms with Crippen molar-refractivity contribution in [2.24, 2.45) is 0 Å². The molecule has 0 bridgehead atoms. The lowest BCUT2D eigenvalue weighted by molar-refractivity contribution is 0.0978. The number of hydrogen-bond donors (Lipinski definition) is 4. The van der Waals surface area contributed by atoms with Crippen molar-refractivity contribution in [3.63, 3.8) is 0 Å². The molecule has 3 aromatic carbocycles. The summed E-state index contributed by atoms with van der Waals surface area (Å²) in [4.78, 5) is 25.3. The van der Waals surface area contributed by atoms with E-state index in [1.807, 2.05) is 78.9 Å². The lowest BCUT2D eigenvalue weighted by atomic mass is 10.0. The van der Waals surface area contributed by atoms with E-state index in [1.165, 1.54) is 0 Å². The second-order valence-electron chi connectivity index (χ2n) is 7.07. The van der Waals surface area contributed by atoms with E-state index in [0.29, 0.717) is 17.2 Å². The Balaban J connectivity index is 1.36. The molecule has 156 valence electrons. The number of anilines is 1. The molecule has 1 amide bonds. The summed E-state index contributed by atoms with van der Waals surface area (Å²) in [5.41, 5.74) is 10.3. The van der Waals surface area contributed by atoms with Crippen LogP contribution in [0.15, 0.2) is 84.9 Å². The zero-order chi connectivity index (χ0) is 21.9. The van der Waals surface area contributed by atoms with E-state index in [0.717, 1.165) is 27.5 Å². The number of H-pyrrole nitrogens is 1. The highest BCUT2D eigenvalue weighted by Gasteiger charge is 2.15. The number of nitrogens with one attached hydrogen (secondary N) is 4. The van der Waals surface area contributed by atoms with E-state index in [4.69, 9.17) is 17.2 Å². The summed E-state index contributed by atoms with van der Waals surface area (Å²) in [5.74, 6) is 0.160. The van der Waals surface area contributed by atoms with Crippen LogP contribution < -0.4 is 16.2 Å². The molecule has 2 heterocycles. The maximum atomic E-state index is 13.1. The Bertz CT molecular complexity index is 1410. The van der Waals surface area contributed by atoms with Crippen LogP contribution in [0.1, 0.15) is 10.4 Å². The van der Waals surface area contributed by atoms with E-state index in [9.17, 15) is 4.79 Å². The van der Waals surface area contributed by atoms with Crippen LogP contribution in [0.5, 0.6) is 0 Å². The predicted octanol–water partition coefficient (Wildman–Crippen LogP) is 4.41. The molecule has 7 nitrogen and oxygen atoms in total. The van der Waals surface area contributed by atoms with Gasteiger partial charge < -0.3 is 4.98 Å². The SMILES string of the molecule is O=C(NC(=S)NNc1nc2ccccc2[nH]1)c1cc(-c2ccccc2)nc2ccccc12. The van der Waals surface area contributed by atoms with Crippen LogP contribution in [-0.2, 0) is 0 Å². The van der Waals surface area contributed by atoms with Gasteiger partial charge in [-0.25, -0.2) is 9.97 Å². The zero-order valence-electron chi connectivity index (χ0n) is 16.8. The molecule has 0 saturated heterocycles. The molecule has 0 fully saturated rings. The number of hydrazine groups is 1. The van der Waals surface area contributed by atoms with Crippen LogP contribution in [0.3, 0.4) is 0 Å². The Morgan fingerprint density at radius 1 is 0.844 bits per heavy atom. The highest BCUT2D eigenvalue weighted by atomic mass is 32.1. The predicted molar refractivity (Wildman–Crippen MR) is 130 cm³/mol. The summed E-state index contributed by atoms with van der Waals surface area (Å²) in [5, 5.41) is 3.59. The molecule has 5 rings (SSSR count). The molecule has 2 aromatic heterocycles. The van der Waals surface area contributed by atoms with Gasteiger partial charge >= 0.3 is 0 Å². The topological polar surface area (TPSA) is 94.7 Å². The first-order valence-corrected chi connectivity index (χ1v) is 10.4. The number of pyridine rings is 1. The van der Waals surface area contributed by atoms with E-state index >= 15 is 0 Å². The van der Waals surface area contributed by atoms with Gasteiger partial charge in [0.2, 0.25) is 5.95 Å². The first kappa shape index (κ1) is 19.7. The van der Waals surface area contributed by atoms with Gasteiger partial charge in [-0.15, -0.1) is 0 Å². The van der Waals surface area contributed by atoms with Gasteiger partial charge in [0, 0.05) is 10.9 Å². The van der Waals surface area contributed by atoms with Crippen molar-refractivity contribution in [2.75, 3.05) is 5.43 Å². The average Bonchev–Trinajstić information content (AvgIpc) is 3.26. The highest BCUT2D eigenvalue weighted by molar-refractivity contribution is 7.80. The van der Waals surface area contributed by atoms with E-state index < -0.39 is 0 Å². The number of carbonyl (C=O) groups excluding carboxylic acids is 1. The third kappa shape index (κ3) is 3.99. The van der Waals surface area contributed by atoms with Gasteiger partial charge in [-0.2, -0.15) is 0 Å². The lowest BCUT2D eigenvalue weighted by Crippen LogP contribution is -2.42. The summed E-state index contributed by atoms with van der Waals surface area (Å²) in [7, 11) is 0. The lowest BCUT2D eigenvalue weighted by Gasteiger charge is -2.12. The number of aromatic nitrogens is 3. The molecular weight excluding hydrogens is 420 g/mol. The summed E-state index contributed by atoms with van der Waals surface area (Å²) in [6.45, 7) is 0. The average molecular weight is 439 g/mol. The molecule has 0 aliphatic heterocycles. The quantitative estimate of drug-likeness (QED) is 0.245. The molecule has 0 spiro atoms. The van der Waals surface area contributed by atoms with Gasteiger partial charge in [-0.3, -0.25) is 21.0 Å². The Kier molecular flexibility index (Phi) is 5.19. The van der Waals surface area contributed by atoms with Gasteiger partial charge in [-0.1, -0.05) is 60.7 Å². The zero-order valence-corrected chi connectivity index (χ0v) is 17.6. The summed E-state index contributed by atoms with van der Waals surface area (Å²) < 4.78 is 0. The van der Waals surface area contributed by atoms with Crippen LogP contribution in [0, 0.1) is 0 Å². The fourth-order valence-corrected chi connectivity index (χ4v) is 3.59. The van der Waals surface area contributed by atoms with Crippen LogP contribution in [-0.4, -0.2) is 26.0 Å². The Morgan fingerprint density at radius 3 is 2.38 bits per heavy atom. The van der Waals surface area contributed by atoms with Gasteiger partial charge in [0.15, 0.2) is 5.11 Å². The molecule has 0 radical (unpaired) electrons. The number of para-hydroxylation sites is 3. The Morgan fingerprint density at radius 2 is 1.56 bits per heavy atom. The van der Waals surface area contributed by atoms with Crippen LogP contribution in [0.2, 0.25) is 0 Å². The molecule has 32 heavy (non-hydrogen) atoms. The van der Waals surface area contributed by atoms with Gasteiger partial charge in [-0.05, 0) is 36.5 Å². The molecule has 0 unspecified atom stereocenters. The standard InChI is InChI=1S/C24H18N6OS/c31-22(28-24(32)30-29-23-26-19-12-6-7-13-20(19)27-23)17-14-21(15-8-2-1-3-9-15)25-18-11-5-4-10-16(17)18/h1-14H,(H2,26,27,29)(H2,28,30,31,32). The normalized spacial score (nSPS) is 10.8. The molecule has 0 saturated carbocycles. The van der Waals surface area contributed by atoms with Crippen LogP contribution in [0.25, 0.3) is 33.2 Å². The number of benzene rings is 3. The highest BCUT2D eigenvalue weighted by Crippen LogP contribution is 2.24. The minimum atomic E-state index is -0.329. The number of thiocarbonyl (C=S) groups is 1. The maximum absolute atomic E-state index is 13.1. The first-order valence-electron chi connectivity index (χ1n) is 9.95. The molecule has 5 aromatic rings. The maximum Gasteiger partial charge on any atom is 0.258 e. The largest absolute Gasteiger partial charge is 0.323 e. The Hall–Kier alpha value is -4.30. The third-order valence-electron chi connectivity index (χ3n) is 4.94. The summed E-state index contributed by atoms with van der Waals surface area (Å²) in [6, 6.07) is 26.7. The summed E-state index contributed by atoms with van der Waals surface area (Å²) >= 11 is 5.30. The number of carbonyl (C=O) groups is 1. The second-order valence-corrected chi connectivity index (χ2v) is 7.48. The molecule has 0 aliphatic carbocycles. The number of hydrogen-bond acceptors (Lipinski definition) is 5. The van der Waals surface area contributed by atoms with E-state index in [-0.39, 0.29) is 11.0 Å². The smallest absolute Gasteiger partial charge is 0.258 e. The van der Waals surface area contributed by atoms with Crippen molar-refractivity contribution in [2.45, 2.75) is 0 Å². The van der Waals surface area contributed by atoms with E-state index in [2.05, 4.69) is 26.1 Å². The van der Waals surface area contributed by atoms with Crippen molar-refractivity contribution >= 4 is 51.1 Å². The van der Waals surface area contributed by atoms with Crippen LogP contribution >= 0.6 is 12.2 Å².